The highest BCUT2D eigenvalue weighted by Crippen LogP contribution is 2.24. The van der Waals surface area contributed by atoms with Gasteiger partial charge in [-0.1, -0.05) is 0 Å². The fourth-order valence-electron chi connectivity index (χ4n) is 2.58. The zero-order valence-electron chi connectivity index (χ0n) is 12.9. The van der Waals surface area contributed by atoms with Crippen molar-refractivity contribution in [2.75, 3.05) is 20.1 Å². The minimum atomic E-state index is 0. The molecule has 23 heavy (non-hydrogen) atoms. The van der Waals surface area contributed by atoms with E-state index in [1.54, 1.807) is 23.9 Å². The molecule has 8 heteroatoms. The Balaban J connectivity index is 0.00000132. The van der Waals surface area contributed by atoms with Crippen LogP contribution in [0, 0.1) is 0 Å². The number of likely N-dealkylation sites (N-methyl/N-ethyl adjacent to an activating group) is 1. The van der Waals surface area contributed by atoms with Crippen LogP contribution in [-0.4, -0.2) is 42.0 Å². The van der Waals surface area contributed by atoms with Crippen molar-refractivity contribution in [2.24, 2.45) is 0 Å². The average molecular weight is 378 g/mol. The molecule has 0 saturated carbocycles. The molecule has 3 heterocycles. The van der Waals surface area contributed by atoms with Crippen LogP contribution in [-0.2, 0) is 11.2 Å². The Morgan fingerprint density at radius 2 is 2.17 bits per heavy atom. The van der Waals surface area contributed by atoms with E-state index >= 15 is 0 Å². The molecule has 128 valence electrons. The summed E-state index contributed by atoms with van der Waals surface area (Å²) in [6, 6.07) is 2.23. The van der Waals surface area contributed by atoms with Crippen LogP contribution >= 0.6 is 36.2 Å². The van der Waals surface area contributed by atoms with Gasteiger partial charge in [0.2, 0.25) is 5.91 Å². The Bertz CT molecular complexity index is 598. The normalized spacial score (nSPS) is 14.7. The molecule has 0 radical (unpaired) electrons. The second-order valence-corrected chi connectivity index (χ2v) is 6.18. The molecule has 3 rings (SSSR count). The van der Waals surface area contributed by atoms with Gasteiger partial charge in [0.05, 0.1) is 18.4 Å². The van der Waals surface area contributed by atoms with Gasteiger partial charge in [0.25, 0.3) is 0 Å². The maximum absolute atomic E-state index is 12.4. The van der Waals surface area contributed by atoms with Gasteiger partial charge < -0.3 is 14.6 Å². The van der Waals surface area contributed by atoms with E-state index in [1.165, 1.54) is 0 Å². The number of furan rings is 1. The van der Waals surface area contributed by atoms with Gasteiger partial charge in [0.15, 0.2) is 0 Å². The summed E-state index contributed by atoms with van der Waals surface area (Å²) < 4.78 is 5.06. The van der Waals surface area contributed by atoms with Crippen LogP contribution in [0.3, 0.4) is 0 Å². The van der Waals surface area contributed by atoms with Gasteiger partial charge >= 0.3 is 0 Å². The van der Waals surface area contributed by atoms with Crippen molar-refractivity contribution in [2.45, 2.75) is 25.3 Å². The topological polar surface area (TPSA) is 58.4 Å². The highest BCUT2D eigenvalue weighted by Gasteiger charge is 2.22. The lowest BCUT2D eigenvalue weighted by Gasteiger charge is -2.31. The Labute approximate surface area is 152 Å². The number of nitrogens with zero attached hydrogens (tertiary/aromatic N) is 2. The second kappa shape index (κ2) is 9.27. The number of piperidine rings is 1. The Morgan fingerprint density at radius 1 is 1.43 bits per heavy atom. The van der Waals surface area contributed by atoms with E-state index in [4.69, 9.17) is 4.42 Å². The molecule has 0 aromatic carbocycles. The Hall–Kier alpha value is -1.08. The summed E-state index contributed by atoms with van der Waals surface area (Å²) in [5.74, 6) is 0.144. The van der Waals surface area contributed by atoms with Crippen LogP contribution in [0.2, 0.25) is 0 Å². The van der Waals surface area contributed by atoms with E-state index in [-0.39, 0.29) is 30.7 Å². The van der Waals surface area contributed by atoms with Crippen LogP contribution in [0.5, 0.6) is 0 Å². The van der Waals surface area contributed by atoms with E-state index in [0.29, 0.717) is 12.5 Å². The van der Waals surface area contributed by atoms with Crippen LogP contribution in [0.4, 0.5) is 0 Å². The van der Waals surface area contributed by atoms with Crippen molar-refractivity contribution >= 4 is 42.1 Å². The SMILES string of the molecule is CN(C(=O)Cc1csc(-c2ccoc2)n1)C1CCNCC1.Cl.Cl. The van der Waals surface area contributed by atoms with Crippen molar-refractivity contribution in [3.63, 3.8) is 0 Å². The van der Waals surface area contributed by atoms with Crippen LogP contribution in [0.15, 0.2) is 28.4 Å². The number of carbonyl (C=O) groups excluding carboxylic acids is 1. The Morgan fingerprint density at radius 3 is 2.83 bits per heavy atom. The molecule has 2 aromatic heterocycles. The molecule has 1 saturated heterocycles. The van der Waals surface area contributed by atoms with E-state index in [0.717, 1.165) is 42.2 Å². The quantitative estimate of drug-likeness (QED) is 0.889. The summed E-state index contributed by atoms with van der Waals surface area (Å²) in [4.78, 5) is 18.8. The number of amides is 1. The lowest BCUT2D eigenvalue weighted by Crippen LogP contribution is -2.44. The fourth-order valence-corrected chi connectivity index (χ4v) is 3.39. The summed E-state index contributed by atoms with van der Waals surface area (Å²) in [6.45, 7) is 1.98. The van der Waals surface area contributed by atoms with Crippen molar-refractivity contribution in [3.05, 3.63) is 29.7 Å². The maximum Gasteiger partial charge on any atom is 0.228 e. The molecule has 0 bridgehead atoms. The largest absolute Gasteiger partial charge is 0.472 e. The third kappa shape index (κ3) is 4.94. The van der Waals surface area contributed by atoms with E-state index < -0.39 is 0 Å². The van der Waals surface area contributed by atoms with Gasteiger partial charge in [-0.3, -0.25) is 4.79 Å². The van der Waals surface area contributed by atoms with Gasteiger partial charge in [0.1, 0.15) is 11.3 Å². The lowest BCUT2D eigenvalue weighted by molar-refractivity contribution is -0.131. The molecule has 1 aliphatic rings. The summed E-state index contributed by atoms with van der Waals surface area (Å²) in [5.41, 5.74) is 1.80. The number of halogens is 2. The third-order valence-corrected chi connectivity index (χ3v) is 4.84. The number of thiazole rings is 1. The van der Waals surface area contributed by atoms with E-state index in [9.17, 15) is 4.79 Å². The summed E-state index contributed by atoms with van der Waals surface area (Å²) >= 11 is 1.54. The number of nitrogens with one attached hydrogen (secondary N) is 1. The highest BCUT2D eigenvalue weighted by atomic mass is 35.5. The molecule has 1 amide bonds. The minimum Gasteiger partial charge on any atom is -0.472 e. The first-order chi connectivity index (χ1) is 10.2. The molecule has 0 atom stereocenters. The van der Waals surface area contributed by atoms with E-state index in [2.05, 4.69) is 10.3 Å². The Kier molecular flexibility index (Phi) is 8.05. The predicted octanol–water partition coefficient (Wildman–Crippen LogP) is 3.00. The van der Waals surface area contributed by atoms with Crippen molar-refractivity contribution < 1.29 is 9.21 Å². The molecule has 0 aliphatic carbocycles. The smallest absolute Gasteiger partial charge is 0.228 e. The summed E-state index contributed by atoms with van der Waals surface area (Å²) in [6.07, 6.45) is 5.73. The van der Waals surface area contributed by atoms with Crippen LogP contribution in [0.1, 0.15) is 18.5 Å². The van der Waals surface area contributed by atoms with E-state index in [1.807, 2.05) is 23.4 Å². The molecular formula is C15H21Cl2N3O2S. The lowest BCUT2D eigenvalue weighted by atomic mass is 10.0. The standard InChI is InChI=1S/C15H19N3O2S.2ClH/c1-18(13-2-5-16-6-3-13)14(19)8-12-10-21-15(17-12)11-4-7-20-9-11;;/h4,7,9-10,13,16H,2-3,5-6,8H2,1H3;2*1H. The maximum atomic E-state index is 12.4. The average Bonchev–Trinajstić information content (AvgIpc) is 3.18. The number of carbonyl (C=O) groups is 1. The second-order valence-electron chi connectivity index (χ2n) is 5.32. The zero-order chi connectivity index (χ0) is 14.7. The van der Waals surface area contributed by atoms with Crippen LogP contribution in [0.25, 0.3) is 10.6 Å². The molecule has 5 nitrogen and oxygen atoms in total. The van der Waals surface area contributed by atoms with Crippen molar-refractivity contribution in [3.8, 4) is 10.6 Å². The number of rotatable bonds is 4. The number of hydrogen-bond acceptors (Lipinski definition) is 5. The highest BCUT2D eigenvalue weighted by molar-refractivity contribution is 7.13. The van der Waals surface area contributed by atoms with Gasteiger partial charge in [-0.05, 0) is 32.0 Å². The molecule has 2 aromatic rings. The first-order valence-corrected chi connectivity index (χ1v) is 8.05. The monoisotopic (exact) mass is 377 g/mol. The summed E-state index contributed by atoms with van der Waals surface area (Å²) in [5, 5.41) is 6.17. The first-order valence-electron chi connectivity index (χ1n) is 7.17. The van der Waals surface area contributed by atoms with Gasteiger partial charge in [-0.15, -0.1) is 36.2 Å². The van der Waals surface area contributed by atoms with Gasteiger partial charge in [-0.25, -0.2) is 4.98 Å². The first kappa shape index (κ1) is 20.0. The molecular weight excluding hydrogens is 357 g/mol. The fraction of sp³-hybridized carbons (Fsp3) is 0.467. The molecule has 1 aliphatic heterocycles. The number of hydrogen-bond donors (Lipinski definition) is 1. The van der Waals surface area contributed by atoms with Crippen molar-refractivity contribution in [1.82, 2.24) is 15.2 Å². The molecule has 0 spiro atoms. The van der Waals surface area contributed by atoms with Crippen molar-refractivity contribution in [1.29, 1.82) is 0 Å². The van der Waals surface area contributed by atoms with Gasteiger partial charge in [-0.2, -0.15) is 0 Å². The molecule has 1 fully saturated rings. The molecule has 0 unspecified atom stereocenters. The zero-order valence-corrected chi connectivity index (χ0v) is 15.3. The molecule has 1 N–H and O–H groups in total. The van der Waals surface area contributed by atoms with Gasteiger partial charge in [0, 0.05) is 24.0 Å². The minimum absolute atomic E-state index is 0. The third-order valence-electron chi connectivity index (χ3n) is 3.90. The number of aromatic nitrogens is 1. The summed E-state index contributed by atoms with van der Waals surface area (Å²) in [7, 11) is 1.90. The van der Waals surface area contributed by atoms with Crippen LogP contribution < -0.4 is 5.32 Å². The predicted molar refractivity (Wildman–Crippen MR) is 96.7 cm³/mol.